The first-order valence-electron chi connectivity index (χ1n) is 7.43. The highest BCUT2D eigenvalue weighted by Crippen LogP contribution is 2.57. The lowest BCUT2D eigenvalue weighted by Crippen LogP contribution is -2.44. The maximum Gasteiger partial charge on any atom is 0.238 e. The molecule has 1 aromatic carbocycles. The topological polar surface area (TPSA) is 87.1 Å². The van der Waals surface area contributed by atoms with Gasteiger partial charge < -0.3 is 14.9 Å². The number of fused-ring (bicyclic) bond motifs is 5. The van der Waals surface area contributed by atoms with E-state index in [2.05, 4.69) is 0 Å². The van der Waals surface area contributed by atoms with Crippen molar-refractivity contribution in [2.24, 2.45) is 23.7 Å². The first-order chi connectivity index (χ1) is 10.6. The van der Waals surface area contributed by atoms with Crippen molar-refractivity contribution < 1.29 is 24.5 Å². The molecule has 6 heteroatoms. The fourth-order valence-corrected chi connectivity index (χ4v) is 4.61. The highest BCUT2D eigenvalue weighted by atomic mass is 16.5. The zero-order chi connectivity index (χ0) is 15.6. The van der Waals surface area contributed by atoms with Crippen molar-refractivity contribution in [2.45, 2.75) is 18.6 Å². The molecular formula is C16H17NO5. The van der Waals surface area contributed by atoms with E-state index in [0.717, 1.165) is 4.90 Å². The van der Waals surface area contributed by atoms with Crippen molar-refractivity contribution >= 4 is 17.5 Å². The van der Waals surface area contributed by atoms with E-state index in [-0.39, 0.29) is 35.1 Å². The van der Waals surface area contributed by atoms with Crippen LogP contribution in [0.4, 0.5) is 5.69 Å². The molecule has 0 aromatic heterocycles. The summed E-state index contributed by atoms with van der Waals surface area (Å²) in [5.74, 6) is -2.05. The van der Waals surface area contributed by atoms with Crippen LogP contribution in [0, 0.1) is 23.7 Å². The molecule has 1 aliphatic heterocycles. The monoisotopic (exact) mass is 303 g/mol. The summed E-state index contributed by atoms with van der Waals surface area (Å²) in [5, 5.41) is 20.2. The fraction of sp³-hybridized carbons (Fsp3) is 0.500. The number of aliphatic hydroxyl groups is 1. The first-order valence-corrected chi connectivity index (χ1v) is 7.43. The average Bonchev–Trinajstić information content (AvgIpc) is 3.11. The van der Waals surface area contributed by atoms with Gasteiger partial charge >= 0.3 is 0 Å². The average molecular weight is 303 g/mol. The van der Waals surface area contributed by atoms with Crippen LogP contribution in [-0.4, -0.2) is 41.3 Å². The molecule has 6 nitrogen and oxygen atoms in total. The molecule has 22 heavy (non-hydrogen) atoms. The van der Waals surface area contributed by atoms with E-state index in [1.54, 1.807) is 18.2 Å². The van der Waals surface area contributed by atoms with Gasteiger partial charge in [-0.25, -0.2) is 4.90 Å². The summed E-state index contributed by atoms with van der Waals surface area (Å²) in [4.78, 5) is 26.6. The number of rotatable bonds is 2. The smallest absolute Gasteiger partial charge is 0.238 e. The van der Waals surface area contributed by atoms with Gasteiger partial charge in [0.1, 0.15) is 5.75 Å². The Morgan fingerprint density at radius 3 is 2.41 bits per heavy atom. The number of amides is 2. The molecule has 3 aliphatic rings. The number of hydrogen-bond donors (Lipinski definition) is 2. The van der Waals surface area contributed by atoms with Crippen LogP contribution in [0.25, 0.3) is 0 Å². The third-order valence-corrected chi connectivity index (χ3v) is 5.46. The Morgan fingerprint density at radius 2 is 1.77 bits per heavy atom. The van der Waals surface area contributed by atoms with Crippen molar-refractivity contribution in [1.82, 2.24) is 0 Å². The van der Waals surface area contributed by atoms with Gasteiger partial charge in [0.15, 0.2) is 0 Å². The first kappa shape index (κ1) is 13.7. The second kappa shape index (κ2) is 4.54. The number of ether oxygens (including phenoxy) is 1. The Balaban J connectivity index is 1.75. The second-order valence-electron chi connectivity index (χ2n) is 6.31. The van der Waals surface area contributed by atoms with E-state index in [4.69, 9.17) is 4.74 Å². The Bertz CT molecular complexity index is 660. The van der Waals surface area contributed by atoms with Gasteiger partial charge in [0.25, 0.3) is 0 Å². The maximum absolute atomic E-state index is 12.8. The number of nitrogens with zero attached hydrogens (tertiary/aromatic N) is 1. The van der Waals surface area contributed by atoms with Gasteiger partial charge in [-0.1, -0.05) is 12.1 Å². The third-order valence-electron chi connectivity index (χ3n) is 5.46. The lowest BCUT2D eigenvalue weighted by atomic mass is 9.78. The molecule has 0 unspecified atom stereocenters. The van der Waals surface area contributed by atoms with Crippen LogP contribution in [0.1, 0.15) is 6.42 Å². The van der Waals surface area contributed by atoms with E-state index in [1.807, 2.05) is 0 Å². The standard InChI is InChI=1S/C16H17NO5/c1-22-14-8-6-7(13(14)19)11-12(8)16(21)17(15(11)20)9-4-2-3-5-10(9)18/h2-5,7-8,11-14,18-19H,6H2,1H3/t7-,8-,11+,12+,13+,14-/m1/s1. The highest BCUT2D eigenvalue weighted by Gasteiger charge is 2.67. The van der Waals surface area contributed by atoms with Crippen LogP contribution in [0.3, 0.4) is 0 Å². The van der Waals surface area contributed by atoms with Gasteiger partial charge in [-0.3, -0.25) is 9.59 Å². The number of phenolic OH excluding ortho intramolecular Hbond substituents is 1. The van der Waals surface area contributed by atoms with Crippen molar-refractivity contribution in [3.63, 3.8) is 0 Å². The maximum atomic E-state index is 12.8. The molecule has 0 radical (unpaired) electrons. The molecule has 1 saturated heterocycles. The zero-order valence-corrected chi connectivity index (χ0v) is 12.0. The van der Waals surface area contributed by atoms with Gasteiger partial charge in [-0.15, -0.1) is 0 Å². The molecule has 0 spiro atoms. The number of benzene rings is 1. The van der Waals surface area contributed by atoms with E-state index in [9.17, 15) is 19.8 Å². The number of para-hydroxylation sites is 2. The van der Waals surface area contributed by atoms with Crippen LogP contribution in [-0.2, 0) is 14.3 Å². The van der Waals surface area contributed by atoms with Crippen molar-refractivity contribution in [2.75, 3.05) is 12.0 Å². The molecule has 2 bridgehead atoms. The summed E-state index contributed by atoms with van der Waals surface area (Å²) in [6.45, 7) is 0. The molecule has 3 fully saturated rings. The fourth-order valence-electron chi connectivity index (χ4n) is 4.61. The molecule has 4 rings (SSSR count). The number of phenols is 1. The van der Waals surface area contributed by atoms with Crippen LogP contribution < -0.4 is 4.90 Å². The lowest BCUT2D eigenvalue weighted by molar-refractivity contribution is -0.131. The number of anilines is 1. The predicted octanol–water partition coefficient (Wildman–Crippen LogP) is 0.523. The van der Waals surface area contributed by atoms with Gasteiger partial charge in [0.05, 0.1) is 29.7 Å². The molecule has 2 N–H and O–H groups in total. The normalized spacial score (nSPS) is 39.6. The Kier molecular flexibility index (Phi) is 2.83. The number of aromatic hydroxyl groups is 1. The molecule has 2 aliphatic carbocycles. The Hall–Kier alpha value is -1.92. The van der Waals surface area contributed by atoms with E-state index >= 15 is 0 Å². The molecule has 6 atom stereocenters. The number of imide groups is 1. The molecule has 1 aromatic rings. The van der Waals surface area contributed by atoms with Crippen molar-refractivity contribution in [1.29, 1.82) is 0 Å². The summed E-state index contributed by atoms with van der Waals surface area (Å²) in [6, 6.07) is 6.31. The van der Waals surface area contributed by atoms with E-state index in [0.29, 0.717) is 6.42 Å². The predicted molar refractivity (Wildman–Crippen MR) is 76.0 cm³/mol. The molecule has 2 saturated carbocycles. The number of carbonyl (C=O) groups is 2. The Morgan fingerprint density at radius 1 is 1.14 bits per heavy atom. The minimum atomic E-state index is -0.711. The lowest BCUT2D eigenvalue weighted by Gasteiger charge is -2.31. The summed E-state index contributed by atoms with van der Waals surface area (Å²) >= 11 is 0. The number of carbonyl (C=O) groups excluding carboxylic acids is 2. The summed E-state index contributed by atoms with van der Waals surface area (Å²) in [6.07, 6.45) is -0.467. The number of methoxy groups -OCH3 is 1. The minimum absolute atomic E-state index is 0.0969. The largest absolute Gasteiger partial charge is 0.506 e. The summed E-state index contributed by atoms with van der Waals surface area (Å²) < 4.78 is 5.33. The Labute approximate surface area is 127 Å². The van der Waals surface area contributed by atoms with Crippen molar-refractivity contribution in [3.8, 4) is 5.75 Å². The van der Waals surface area contributed by atoms with Crippen LogP contribution >= 0.6 is 0 Å². The highest BCUT2D eigenvalue weighted by molar-refractivity contribution is 6.23. The van der Waals surface area contributed by atoms with Crippen LogP contribution in [0.15, 0.2) is 24.3 Å². The van der Waals surface area contributed by atoms with Gasteiger partial charge in [-0.05, 0) is 18.6 Å². The second-order valence-corrected chi connectivity index (χ2v) is 6.31. The van der Waals surface area contributed by atoms with Gasteiger partial charge in [-0.2, -0.15) is 0 Å². The van der Waals surface area contributed by atoms with Gasteiger partial charge in [0, 0.05) is 18.9 Å². The van der Waals surface area contributed by atoms with Gasteiger partial charge in [0.2, 0.25) is 11.8 Å². The third kappa shape index (κ3) is 1.51. The van der Waals surface area contributed by atoms with E-state index < -0.39 is 24.0 Å². The minimum Gasteiger partial charge on any atom is -0.506 e. The quantitative estimate of drug-likeness (QED) is 0.778. The zero-order valence-electron chi connectivity index (χ0n) is 12.0. The van der Waals surface area contributed by atoms with Crippen LogP contribution in [0.2, 0.25) is 0 Å². The summed E-state index contributed by atoms with van der Waals surface area (Å²) in [7, 11) is 1.52. The van der Waals surface area contributed by atoms with Crippen LogP contribution in [0.5, 0.6) is 5.75 Å². The van der Waals surface area contributed by atoms with E-state index in [1.165, 1.54) is 13.2 Å². The summed E-state index contributed by atoms with van der Waals surface area (Å²) in [5.41, 5.74) is 0.217. The number of aliphatic hydroxyl groups excluding tert-OH is 1. The number of hydrogen-bond acceptors (Lipinski definition) is 5. The molecule has 1 heterocycles. The molecular weight excluding hydrogens is 286 g/mol. The molecule has 2 amide bonds. The molecule has 116 valence electrons. The SMILES string of the molecule is CO[C@H]1[C@@H](O)[C@@H]2C[C@@H]1[C@@H]1C(=O)N(c3ccccc3O)C(=O)[C@@H]21. The van der Waals surface area contributed by atoms with Crippen molar-refractivity contribution in [3.05, 3.63) is 24.3 Å².